The van der Waals surface area contributed by atoms with Crippen LogP contribution in [-0.4, -0.2) is 46.8 Å². The standard InChI is InChI=1S/C33H32F4N4O4/c1-17(2)18(3)20-5-6-23(24(34)15-20)30(42)19-11-13-41(14-12-19)32(43)29-26(16-38)45-31(40-29)22-7-9-25(44-4)28-21(22)8-10-27(39-28)33(35,36)37/h5-10,15,17,19H,3,11-14,16,38H2,1-2,4H3. The Morgan fingerprint density at radius 2 is 1.82 bits per heavy atom. The van der Waals surface area contributed by atoms with E-state index in [1.807, 2.05) is 13.8 Å². The number of aromatic nitrogens is 2. The molecular formula is C33H32F4N4O4. The molecule has 12 heteroatoms. The van der Waals surface area contributed by atoms with Crippen LogP contribution in [0.5, 0.6) is 5.75 Å². The maximum Gasteiger partial charge on any atom is 0.433 e. The van der Waals surface area contributed by atoms with Crippen LogP contribution in [0.3, 0.4) is 0 Å². The van der Waals surface area contributed by atoms with Gasteiger partial charge in [-0.3, -0.25) is 9.59 Å². The fraction of sp³-hybridized carbons (Fsp3) is 0.333. The molecule has 0 aliphatic carbocycles. The molecule has 1 aliphatic heterocycles. The quantitative estimate of drug-likeness (QED) is 0.167. The van der Waals surface area contributed by atoms with Gasteiger partial charge in [-0.2, -0.15) is 13.2 Å². The lowest BCUT2D eigenvalue weighted by Gasteiger charge is -2.31. The van der Waals surface area contributed by atoms with Crippen LogP contribution < -0.4 is 10.5 Å². The van der Waals surface area contributed by atoms with Crippen molar-refractivity contribution in [3.05, 3.63) is 83.1 Å². The van der Waals surface area contributed by atoms with Gasteiger partial charge in [-0.1, -0.05) is 26.5 Å². The van der Waals surface area contributed by atoms with Crippen LogP contribution in [0.1, 0.15) is 64.6 Å². The molecule has 236 valence electrons. The molecule has 4 aromatic rings. The van der Waals surface area contributed by atoms with Gasteiger partial charge in [0.25, 0.3) is 5.91 Å². The first-order valence-electron chi connectivity index (χ1n) is 14.4. The summed E-state index contributed by atoms with van der Waals surface area (Å²) in [5.41, 5.74) is 6.44. The zero-order chi connectivity index (χ0) is 32.6. The lowest BCUT2D eigenvalue weighted by atomic mass is 9.87. The normalized spacial score (nSPS) is 14.3. The summed E-state index contributed by atoms with van der Waals surface area (Å²) in [6.07, 6.45) is -4.02. The molecule has 8 nitrogen and oxygen atoms in total. The first-order chi connectivity index (χ1) is 21.3. The van der Waals surface area contributed by atoms with Crippen LogP contribution in [0.15, 0.2) is 53.5 Å². The maximum atomic E-state index is 14.9. The number of piperidine rings is 1. The van der Waals surface area contributed by atoms with Crippen molar-refractivity contribution in [1.82, 2.24) is 14.9 Å². The van der Waals surface area contributed by atoms with Gasteiger partial charge in [-0.25, -0.2) is 14.4 Å². The first-order valence-corrected chi connectivity index (χ1v) is 14.4. The third kappa shape index (κ3) is 6.19. The number of benzene rings is 2. The Bertz CT molecular complexity index is 1790. The number of rotatable bonds is 8. The number of pyridine rings is 1. The minimum absolute atomic E-state index is 0.00945. The number of oxazole rings is 1. The van der Waals surface area contributed by atoms with Crippen molar-refractivity contribution in [3.8, 4) is 17.2 Å². The van der Waals surface area contributed by atoms with Crippen LogP contribution >= 0.6 is 0 Å². The van der Waals surface area contributed by atoms with Gasteiger partial charge >= 0.3 is 6.18 Å². The van der Waals surface area contributed by atoms with Crippen LogP contribution in [0.4, 0.5) is 17.6 Å². The molecule has 2 aromatic carbocycles. The van der Waals surface area contributed by atoms with E-state index in [0.717, 1.165) is 11.6 Å². The number of amides is 1. The SMILES string of the molecule is C=C(c1ccc(C(=O)C2CCN(C(=O)c3nc(-c4ccc(OC)c5nc(C(F)(F)F)ccc45)oc3CN)CC2)c(F)c1)C(C)C. The van der Waals surface area contributed by atoms with E-state index in [9.17, 15) is 27.2 Å². The summed E-state index contributed by atoms with van der Waals surface area (Å²) < 4.78 is 66.0. The van der Waals surface area contributed by atoms with E-state index in [1.54, 1.807) is 12.1 Å². The largest absolute Gasteiger partial charge is 0.494 e. The Kier molecular flexibility index (Phi) is 8.79. The molecule has 0 atom stereocenters. The fourth-order valence-electron chi connectivity index (χ4n) is 5.44. The Morgan fingerprint density at radius 3 is 2.42 bits per heavy atom. The minimum atomic E-state index is -4.66. The highest BCUT2D eigenvalue weighted by atomic mass is 19.4. The number of hydrogen-bond donors (Lipinski definition) is 1. The fourth-order valence-corrected chi connectivity index (χ4v) is 5.44. The van der Waals surface area contributed by atoms with Crippen molar-refractivity contribution >= 4 is 28.2 Å². The molecule has 1 amide bonds. The number of ketones is 1. The van der Waals surface area contributed by atoms with Crippen molar-refractivity contribution in [3.63, 3.8) is 0 Å². The van der Waals surface area contributed by atoms with Gasteiger partial charge in [0.05, 0.1) is 19.2 Å². The maximum absolute atomic E-state index is 14.9. The van der Waals surface area contributed by atoms with E-state index < -0.39 is 29.5 Å². The molecular weight excluding hydrogens is 592 g/mol. The van der Waals surface area contributed by atoms with Crippen molar-refractivity contribution in [1.29, 1.82) is 0 Å². The predicted octanol–water partition coefficient (Wildman–Crippen LogP) is 6.92. The van der Waals surface area contributed by atoms with Crippen molar-refractivity contribution in [2.45, 2.75) is 39.4 Å². The van der Waals surface area contributed by atoms with Gasteiger partial charge in [0.15, 0.2) is 17.2 Å². The second-order valence-corrected chi connectivity index (χ2v) is 11.2. The highest BCUT2D eigenvalue weighted by Crippen LogP contribution is 2.37. The summed E-state index contributed by atoms with van der Waals surface area (Å²) >= 11 is 0. The van der Waals surface area contributed by atoms with Gasteiger partial charge in [-0.15, -0.1) is 0 Å². The third-order valence-electron chi connectivity index (χ3n) is 8.10. The number of halogens is 4. The first kappa shape index (κ1) is 31.8. The number of carbonyl (C=O) groups is 2. The Balaban J connectivity index is 1.35. The molecule has 5 rings (SSSR count). The molecule has 0 spiro atoms. The number of nitrogens with zero attached hydrogens (tertiary/aromatic N) is 3. The lowest BCUT2D eigenvalue weighted by Crippen LogP contribution is -2.41. The van der Waals surface area contributed by atoms with Gasteiger partial charge < -0.3 is 19.8 Å². The number of Topliss-reactive ketones (excluding diaryl/α,β-unsaturated/α-hetero) is 1. The average molecular weight is 625 g/mol. The van der Waals surface area contributed by atoms with E-state index in [2.05, 4.69) is 16.5 Å². The number of carbonyl (C=O) groups excluding carboxylic acids is 2. The Hall–Kier alpha value is -4.58. The number of alkyl halides is 3. The summed E-state index contributed by atoms with van der Waals surface area (Å²) in [4.78, 5) is 36.4. The summed E-state index contributed by atoms with van der Waals surface area (Å²) in [5, 5.41) is 0.277. The average Bonchev–Trinajstić information content (AvgIpc) is 3.46. The number of hydrogen-bond acceptors (Lipinski definition) is 7. The monoisotopic (exact) mass is 624 g/mol. The Labute approximate surface area is 256 Å². The summed E-state index contributed by atoms with van der Waals surface area (Å²) in [6.45, 7) is 8.19. The van der Waals surface area contributed by atoms with Crippen LogP contribution in [0.2, 0.25) is 0 Å². The van der Waals surface area contributed by atoms with Gasteiger partial charge in [0.1, 0.15) is 22.8 Å². The number of methoxy groups -OCH3 is 1. The van der Waals surface area contributed by atoms with Crippen molar-refractivity contribution in [2.75, 3.05) is 20.2 Å². The van der Waals surface area contributed by atoms with Crippen molar-refractivity contribution < 1.29 is 36.3 Å². The van der Waals surface area contributed by atoms with E-state index in [4.69, 9.17) is 14.9 Å². The topological polar surface area (TPSA) is 112 Å². The number of likely N-dealkylation sites (tertiary alicyclic amines) is 1. The predicted molar refractivity (Wildman–Crippen MR) is 160 cm³/mol. The summed E-state index contributed by atoms with van der Waals surface area (Å²) in [5.74, 6) is -1.51. The lowest BCUT2D eigenvalue weighted by molar-refractivity contribution is -0.140. The van der Waals surface area contributed by atoms with E-state index in [1.165, 1.54) is 36.3 Å². The van der Waals surface area contributed by atoms with Crippen LogP contribution in [-0.2, 0) is 12.7 Å². The highest BCUT2D eigenvalue weighted by molar-refractivity contribution is 6.00. The third-order valence-corrected chi connectivity index (χ3v) is 8.10. The van der Waals surface area contributed by atoms with Crippen molar-refractivity contribution in [2.24, 2.45) is 17.6 Å². The molecule has 2 N–H and O–H groups in total. The molecule has 1 fully saturated rings. The number of ether oxygens (including phenoxy) is 1. The molecule has 1 saturated heterocycles. The van der Waals surface area contributed by atoms with E-state index >= 15 is 0 Å². The smallest absolute Gasteiger partial charge is 0.433 e. The summed E-state index contributed by atoms with van der Waals surface area (Å²) in [7, 11) is 1.32. The minimum Gasteiger partial charge on any atom is -0.494 e. The molecule has 0 bridgehead atoms. The molecule has 45 heavy (non-hydrogen) atoms. The second kappa shape index (κ2) is 12.4. The van der Waals surface area contributed by atoms with Gasteiger partial charge in [0, 0.05) is 30.0 Å². The second-order valence-electron chi connectivity index (χ2n) is 11.2. The zero-order valence-electron chi connectivity index (χ0n) is 25.0. The number of fused-ring (bicyclic) bond motifs is 1. The highest BCUT2D eigenvalue weighted by Gasteiger charge is 2.34. The number of nitrogens with two attached hydrogens (primary N) is 1. The molecule has 2 aromatic heterocycles. The van der Waals surface area contributed by atoms with Crippen LogP contribution in [0, 0.1) is 17.7 Å². The molecule has 0 saturated carbocycles. The zero-order valence-corrected chi connectivity index (χ0v) is 25.0. The van der Waals surface area contributed by atoms with E-state index in [-0.39, 0.29) is 70.9 Å². The van der Waals surface area contributed by atoms with Gasteiger partial charge in [0.2, 0.25) is 5.89 Å². The molecule has 0 radical (unpaired) electrons. The molecule has 1 aliphatic rings. The Morgan fingerprint density at radius 1 is 1.11 bits per heavy atom. The van der Waals surface area contributed by atoms with E-state index in [0.29, 0.717) is 24.0 Å². The molecule has 0 unspecified atom stereocenters. The summed E-state index contributed by atoms with van der Waals surface area (Å²) in [6, 6.07) is 9.61. The number of allylic oxidation sites excluding steroid dienone is 1. The molecule has 3 heterocycles. The van der Waals surface area contributed by atoms with Crippen LogP contribution in [0.25, 0.3) is 27.9 Å². The van der Waals surface area contributed by atoms with Gasteiger partial charge in [-0.05, 0) is 66.3 Å².